The van der Waals surface area contributed by atoms with Gasteiger partial charge >= 0.3 is 0 Å². The van der Waals surface area contributed by atoms with E-state index >= 15 is 0 Å². The van der Waals surface area contributed by atoms with Gasteiger partial charge in [0.05, 0.1) is 7.11 Å². The topological polar surface area (TPSA) is 35.2 Å². The standard InChI is InChI=1S/C10H11F4NO/c1-10(15,9(13)14)5-3-4-6(11)7(12)8(5)16-2/h3-4,9H,15H2,1-2H3. The lowest BCUT2D eigenvalue weighted by Crippen LogP contribution is -2.41. The van der Waals surface area contributed by atoms with Crippen molar-refractivity contribution in [2.75, 3.05) is 7.11 Å². The quantitative estimate of drug-likeness (QED) is 0.819. The minimum atomic E-state index is -2.92. The summed E-state index contributed by atoms with van der Waals surface area (Å²) in [7, 11) is 1.06. The first kappa shape index (κ1) is 12.8. The van der Waals surface area contributed by atoms with Crippen molar-refractivity contribution >= 4 is 0 Å². The second-order valence-corrected chi connectivity index (χ2v) is 3.53. The van der Waals surface area contributed by atoms with Crippen LogP contribution in [0.3, 0.4) is 0 Å². The van der Waals surface area contributed by atoms with Gasteiger partial charge in [-0.3, -0.25) is 0 Å². The lowest BCUT2D eigenvalue weighted by atomic mass is 9.92. The predicted molar refractivity (Wildman–Crippen MR) is 50.5 cm³/mol. The average molecular weight is 237 g/mol. The van der Waals surface area contributed by atoms with Crippen molar-refractivity contribution in [3.8, 4) is 5.75 Å². The van der Waals surface area contributed by atoms with E-state index in [-0.39, 0.29) is 5.56 Å². The molecule has 0 amide bonds. The summed E-state index contributed by atoms with van der Waals surface area (Å²) < 4.78 is 56.0. The van der Waals surface area contributed by atoms with Crippen LogP contribution >= 0.6 is 0 Å². The molecule has 1 unspecified atom stereocenters. The molecular weight excluding hydrogens is 226 g/mol. The molecule has 0 heterocycles. The van der Waals surface area contributed by atoms with Crippen LogP contribution in [0.5, 0.6) is 5.75 Å². The van der Waals surface area contributed by atoms with Gasteiger partial charge in [0.1, 0.15) is 5.54 Å². The monoisotopic (exact) mass is 237 g/mol. The Bertz CT molecular complexity index is 393. The van der Waals surface area contributed by atoms with Gasteiger partial charge < -0.3 is 10.5 Å². The second kappa shape index (κ2) is 4.29. The number of nitrogens with two attached hydrogens (primary N) is 1. The number of hydrogen-bond donors (Lipinski definition) is 1. The van der Waals surface area contributed by atoms with Crippen molar-refractivity contribution in [1.82, 2.24) is 0 Å². The fraction of sp³-hybridized carbons (Fsp3) is 0.400. The maximum atomic E-state index is 13.3. The average Bonchev–Trinajstić information content (AvgIpc) is 2.21. The molecule has 90 valence electrons. The van der Waals surface area contributed by atoms with E-state index in [1.807, 2.05) is 0 Å². The number of benzene rings is 1. The van der Waals surface area contributed by atoms with Gasteiger partial charge in [-0.25, -0.2) is 13.2 Å². The van der Waals surface area contributed by atoms with Crippen molar-refractivity contribution in [2.24, 2.45) is 5.73 Å². The highest BCUT2D eigenvalue weighted by Crippen LogP contribution is 2.35. The largest absolute Gasteiger partial charge is 0.493 e. The Morgan fingerprint density at radius 1 is 1.31 bits per heavy atom. The summed E-state index contributed by atoms with van der Waals surface area (Å²) in [4.78, 5) is 0. The van der Waals surface area contributed by atoms with Crippen LogP contribution in [0.4, 0.5) is 17.6 Å². The molecule has 0 radical (unpaired) electrons. The number of methoxy groups -OCH3 is 1. The molecule has 2 nitrogen and oxygen atoms in total. The molecule has 2 N–H and O–H groups in total. The molecule has 16 heavy (non-hydrogen) atoms. The fourth-order valence-electron chi connectivity index (χ4n) is 1.27. The van der Waals surface area contributed by atoms with Gasteiger partial charge in [0, 0.05) is 5.56 Å². The van der Waals surface area contributed by atoms with Crippen LogP contribution in [0.1, 0.15) is 12.5 Å². The molecule has 0 aromatic heterocycles. The third-order valence-corrected chi connectivity index (χ3v) is 2.29. The number of rotatable bonds is 3. The van der Waals surface area contributed by atoms with Gasteiger partial charge in [0.2, 0.25) is 5.82 Å². The summed E-state index contributed by atoms with van der Waals surface area (Å²) in [6.45, 7) is 1.02. The molecule has 0 bridgehead atoms. The predicted octanol–water partition coefficient (Wildman–Crippen LogP) is 2.41. The van der Waals surface area contributed by atoms with Gasteiger partial charge in [0.25, 0.3) is 6.43 Å². The Labute approximate surface area is 90.0 Å². The highest BCUT2D eigenvalue weighted by Gasteiger charge is 2.36. The van der Waals surface area contributed by atoms with Crippen molar-refractivity contribution in [2.45, 2.75) is 18.9 Å². The molecule has 1 aromatic rings. The molecule has 0 saturated heterocycles. The Balaban J connectivity index is 3.40. The first-order valence-corrected chi connectivity index (χ1v) is 4.41. The summed E-state index contributed by atoms with van der Waals surface area (Å²) in [5.74, 6) is -3.09. The van der Waals surface area contributed by atoms with E-state index in [1.54, 1.807) is 0 Å². The molecule has 6 heteroatoms. The molecule has 1 rings (SSSR count). The van der Waals surface area contributed by atoms with E-state index in [2.05, 4.69) is 4.74 Å². The lowest BCUT2D eigenvalue weighted by Gasteiger charge is -2.26. The minimum Gasteiger partial charge on any atom is -0.493 e. The van der Waals surface area contributed by atoms with Crippen LogP contribution in [0.15, 0.2) is 12.1 Å². The smallest absolute Gasteiger partial charge is 0.260 e. The van der Waals surface area contributed by atoms with Crippen molar-refractivity contribution in [1.29, 1.82) is 0 Å². The summed E-state index contributed by atoms with van der Waals surface area (Å²) >= 11 is 0. The Morgan fingerprint density at radius 2 is 1.88 bits per heavy atom. The zero-order valence-electron chi connectivity index (χ0n) is 8.73. The van der Waals surface area contributed by atoms with Crippen LogP contribution in [0, 0.1) is 11.6 Å². The molecular formula is C10H11F4NO. The number of hydrogen-bond acceptors (Lipinski definition) is 2. The van der Waals surface area contributed by atoms with Crippen LogP contribution < -0.4 is 10.5 Å². The fourth-order valence-corrected chi connectivity index (χ4v) is 1.27. The zero-order chi connectivity index (χ0) is 12.5. The minimum absolute atomic E-state index is 0.274. The molecule has 0 saturated carbocycles. The van der Waals surface area contributed by atoms with E-state index in [1.165, 1.54) is 0 Å². The third-order valence-electron chi connectivity index (χ3n) is 2.29. The summed E-state index contributed by atoms with van der Waals surface area (Å²) in [5, 5.41) is 0. The molecule has 1 atom stereocenters. The van der Waals surface area contributed by atoms with Gasteiger partial charge in [-0.1, -0.05) is 6.07 Å². The van der Waals surface area contributed by atoms with Gasteiger partial charge in [-0.05, 0) is 13.0 Å². The van der Waals surface area contributed by atoms with E-state index in [0.717, 1.165) is 26.2 Å². The summed E-state index contributed by atoms with van der Waals surface area (Å²) in [6.07, 6.45) is -2.92. The first-order valence-electron chi connectivity index (χ1n) is 4.41. The van der Waals surface area contributed by atoms with Crippen molar-refractivity contribution in [3.05, 3.63) is 29.3 Å². The van der Waals surface area contributed by atoms with E-state index in [9.17, 15) is 17.6 Å². The maximum absolute atomic E-state index is 13.3. The van der Waals surface area contributed by atoms with Gasteiger partial charge in [-0.15, -0.1) is 0 Å². The second-order valence-electron chi connectivity index (χ2n) is 3.53. The zero-order valence-corrected chi connectivity index (χ0v) is 8.73. The van der Waals surface area contributed by atoms with E-state index in [4.69, 9.17) is 5.73 Å². The van der Waals surface area contributed by atoms with Crippen LogP contribution in [0.2, 0.25) is 0 Å². The Kier molecular flexibility index (Phi) is 3.42. The highest BCUT2D eigenvalue weighted by atomic mass is 19.3. The van der Waals surface area contributed by atoms with Gasteiger partial charge in [0.15, 0.2) is 11.6 Å². The van der Waals surface area contributed by atoms with Crippen molar-refractivity contribution < 1.29 is 22.3 Å². The first-order chi connectivity index (χ1) is 7.32. The summed E-state index contributed by atoms with van der Waals surface area (Å²) in [5.41, 5.74) is 2.99. The molecule has 0 aliphatic heterocycles. The maximum Gasteiger partial charge on any atom is 0.260 e. The van der Waals surface area contributed by atoms with Crippen LogP contribution in [0.25, 0.3) is 0 Å². The molecule has 0 fully saturated rings. The number of ether oxygens (including phenoxy) is 1. The molecule has 0 aliphatic carbocycles. The van der Waals surface area contributed by atoms with Crippen LogP contribution in [-0.2, 0) is 5.54 Å². The molecule has 0 aliphatic rings. The molecule has 0 spiro atoms. The Morgan fingerprint density at radius 3 is 2.31 bits per heavy atom. The number of alkyl halides is 2. The molecule has 1 aromatic carbocycles. The third kappa shape index (κ3) is 1.97. The normalized spacial score (nSPS) is 15.0. The highest BCUT2D eigenvalue weighted by molar-refractivity contribution is 5.40. The van der Waals surface area contributed by atoms with Crippen molar-refractivity contribution in [3.63, 3.8) is 0 Å². The van der Waals surface area contributed by atoms with E-state index in [0.29, 0.717) is 0 Å². The number of halogens is 4. The SMILES string of the molecule is COc1c(C(C)(N)C(F)F)ccc(F)c1F. The van der Waals surface area contributed by atoms with Gasteiger partial charge in [-0.2, -0.15) is 4.39 Å². The van der Waals surface area contributed by atoms with Crippen LogP contribution in [-0.4, -0.2) is 13.5 Å². The van der Waals surface area contributed by atoms with E-state index < -0.39 is 29.3 Å². The lowest BCUT2D eigenvalue weighted by molar-refractivity contribution is 0.0606. The Hall–Kier alpha value is -1.30. The summed E-state index contributed by atoms with van der Waals surface area (Å²) in [6, 6.07) is 1.73.